The molecule has 1 atom stereocenters. The topological polar surface area (TPSA) is 63.6 Å². The minimum atomic E-state index is -0.320. The van der Waals surface area contributed by atoms with Gasteiger partial charge in [-0.15, -0.1) is 0 Å². The van der Waals surface area contributed by atoms with Gasteiger partial charge in [-0.05, 0) is 62.0 Å². The van der Waals surface area contributed by atoms with Crippen LogP contribution < -0.4 is 15.5 Å². The molecule has 6 rings (SSSR count). The van der Waals surface area contributed by atoms with Crippen molar-refractivity contribution in [2.24, 2.45) is 0 Å². The predicted molar refractivity (Wildman–Crippen MR) is 148 cm³/mol. The van der Waals surface area contributed by atoms with Gasteiger partial charge < -0.3 is 20.4 Å². The first kappa shape index (κ1) is 23.5. The molecule has 4 aromatic rings. The number of fused-ring (bicyclic) bond motifs is 4. The lowest BCUT2D eigenvalue weighted by Gasteiger charge is -2.45. The van der Waals surface area contributed by atoms with Crippen molar-refractivity contribution in [2.75, 3.05) is 50.5 Å². The molecule has 1 saturated heterocycles. The fourth-order valence-electron chi connectivity index (χ4n) is 5.83. The molecule has 1 aromatic heterocycles. The molecule has 0 radical (unpaired) electrons. The van der Waals surface area contributed by atoms with Crippen LogP contribution in [-0.2, 0) is 6.54 Å². The molecular weight excluding hydrogens is 465 g/mol. The summed E-state index contributed by atoms with van der Waals surface area (Å²) in [7, 11) is 4.02. The van der Waals surface area contributed by atoms with Crippen molar-refractivity contribution in [3.63, 3.8) is 0 Å². The van der Waals surface area contributed by atoms with E-state index in [0.29, 0.717) is 29.4 Å². The van der Waals surface area contributed by atoms with Crippen LogP contribution >= 0.6 is 0 Å². The fourth-order valence-corrected chi connectivity index (χ4v) is 5.83. The SMILES string of the molecule is [C-]#[N+]c1cc2[nH]nc(-c3ccc4c(c3)NCC3CN(C)CCN43)c2cc1-c1c(C)cc(CNC)cc1F. The largest absolute Gasteiger partial charge is 0.381 e. The standard InChI is InChI=1S/C29H30FN7/c1-17-9-18(14-31-2)10-23(30)28(17)21-12-22-25(13-24(21)32-3)34-35-29(22)19-5-6-27-26(11-19)33-15-20-16-36(4)7-8-37(20)27/h5-6,9-13,20,31,33H,7-8,14-16H2,1-2,4H3,(H,34,35). The fraction of sp³-hybridized carbons (Fsp3) is 0.310. The van der Waals surface area contributed by atoms with E-state index in [2.05, 4.69) is 60.7 Å². The Kier molecular flexibility index (Phi) is 5.82. The number of piperazine rings is 1. The Morgan fingerprint density at radius 1 is 1.19 bits per heavy atom. The van der Waals surface area contributed by atoms with Gasteiger partial charge in [-0.25, -0.2) is 9.24 Å². The van der Waals surface area contributed by atoms with Gasteiger partial charge in [0.25, 0.3) is 0 Å². The van der Waals surface area contributed by atoms with Crippen molar-refractivity contribution in [1.82, 2.24) is 20.4 Å². The van der Waals surface area contributed by atoms with Gasteiger partial charge in [0, 0.05) is 49.2 Å². The van der Waals surface area contributed by atoms with Crippen LogP contribution in [0.1, 0.15) is 11.1 Å². The first-order chi connectivity index (χ1) is 18.0. The van der Waals surface area contributed by atoms with Gasteiger partial charge in [0.15, 0.2) is 5.69 Å². The van der Waals surface area contributed by atoms with E-state index in [-0.39, 0.29) is 5.82 Å². The molecule has 3 N–H and O–H groups in total. The first-order valence-corrected chi connectivity index (χ1v) is 12.6. The molecule has 8 heteroatoms. The summed E-state index contributed by atoms with van der Waals surface area (Å²) < 4.78 is 15.4. The van der Waals surface area contributed by atoms with Gasteiger partial charge in [-0.1, -0.05) is 18.2 Å². The van der Waals surface area contributed by atoms with E-state index in [4.69, 9.17) is 6.57 Å². The molecule has 1 fully saturated rings. The number of rotatable bonds is 4. The Balaban J connectivity index is 1.44. The molecule has 2 aliphatic heterocycles. The van der Waals surface area contributed by atoms with Crippen molar-refractivity contribution < 1.29 is 4.39 Å². The second-order valence-electron chi connectivity index (χ2n) is 10.1. The highest BCUT2D eigenvalue weighted by Gasteiger charge is 2.30. The van der Waals surface area contributed by atoms with Crippen LogP contribution in [0.25, 0.3) is 38.1 Å². The summed E-state index contributed by atoms with van der Waals surface area (Å²) in [6, 6.07) is 14.1. The van der Waals surface area contributed by atoms with Gasteiger partial charge in [0.05, 0.1) is 35.2 Å². The van der Waals surface area contributed by atoms with E-state index in [1.165, 1.54) is 5.69 Å². The van der Waals surface area contributed by atoms with E-state index in [1.54, 1.807) is 12.1 Å². The lowest BCUT2D eigenvalue weighted by atomic mass is 9.94. The van der Waals surface area contributed by atoms with Crippen LogP contribution in [-0.4, -0.2) is 61.4 Å². The summed E-state index contributed by atoms with van der Waals surface area (Å²) in [5.41, 5.74) is 8.01. The number of likely N-dealkylation sites (N-methyl/N-ethyl adjacent to an activating group) is 1. The third-order valence-corrected chi connectivity index (χ3v) is 7.59. The summed E-state index contributed by atoms with van der Waals surface area (Å²) in [4.78, 5) is 8.61. The monoisotopic (exact) mass is 495 g/mol. The second kappa shape index (κ2) is 9.18. The second-order valence-corrected chi connectivity index (χ2v) is 10.1. The number of anilines is 2. The zero-order valence-corrected chi connectivity index (χ0v) is 21.3. The highest BCUT2D eigenvalue weighted by Crippen LogP contribution is 2.42. The predicted octanol–water partition coefficient (Wildman–Crippen LogP) is 5.16. The highest BCUT2D eigenvalue weighted by atomic mass is 19.1. The third-order valence-electron chi connectivity index (χ3n) is 7.59. The number of benzene rings is 3. The number of hydrogen-bond donors (Lipinski definition) is 3. The molecule has 188 valence electrons. The molecule has 0 spiro atoms. The Bertz CT molecular complexity index is 1530. The first-order valence-electron chi connectivity index (χ1n) is 12.6. The van der Waals surface area contributed by atoms with Crippen LogP contribution in [0.3, 0.4) is 0 Å². The lowest BCUT2D eigenvalue weighted by molar-refractivity contribution is 0.270. The average Bonchev–Trinajstić information content (AvgIpc) is 3.30. The molecule has 2 aliphatic rings. The zero-order chi connectivity index (χ0) is 25.7. The average molecular weight is 496 g/mol. The number of nitrogens with zero attached hydrogens (tertiary/aromatic N) is 4. The number of aromatic amines is 1. The van der Waals surface area contributed by atoms with Crippen molar-refractivity contribution in [1.29, 1.82) is 0 Å². The van der Waals surface area contributed by atoms with Gasteiger partial charge >= 0.3 is 0 Å². The quantitative estimate of drug-likeness (QED) is 0.342. The number of hydrogen-bond acceptors (Lipinski definition) is 5. The van der Waals surface area contributed by atoms with Gasteiger partial charge in [-0.2, -0.15) is 5.10 Å². The maximum Gasteiger partial charge on any atom is 0.197 e. The number of halogens is 1. The maximum absolute atomic E-state index is 15.4. The van der Waals surface area contributed by atoms with E-state index in [0.717, 1.165) is 65.2 Å². The van der Waals surface area contributed by atoms with Gasteiger partial charge in [0.2, 0.25) is 0 Å². The highest BCUT2D eigenvalue weighted by molar-refractivity contribution is 6.01. The molecule has 0 amide bonds. The zero-order valence-electron chi connectivity index (χ0n) is 21.3. The van der Waals surface area contributed by atoms with Crippen LogP contribution in [0.2, 0.25) is 0 Å². The Hall–Kier alpha value is -3.93. The van der Waals surface area contributed by atoms with Crippen molar-refractivity contribution in [3.05, 3.63) is 70.8 Å². The van der Waals surface area contributed by atoms with E-state index < -0.39 is 0 Å². The molecule has 3 aromatic carbocycles. The number of aromatic nitrogens is 2. The molecule has 7 nitrogen and oxygen atoms in total. The van der Waals surface area contributed by atoms with Crippen LogP contribution in [0, 0.1) is 19.3 Å². The maximum atomic E-state index is 15.4. The van der Waals surface area contributed by atoms with Crippen LogP contribution in [0.5, 0.6) is 0 Å². The van der Waals surface area contributed by atoms with E-state index >= 15 is 4.39 Å². The van der Waals surface area contributed by atoms with Gasteiger partial charge in [-0.3, -0.25) is 5.10 Å². The smallest absolute Gasteiger partial charge is 0.197 e. The minimum absolute atomic E-state index is 0.320. The van der Waals surface area contributed by atoms with Crippen LogP contribution in [0.4, 0.5) is 21.5 Å². The van der Waals surface area contributed by atoms with E-state index in [1.807, 2.05) is 26.1 Å². The molecule has 0 saturated carbocycles. The molecular formula is C29H30FN7. The normalized spacial score (nSPS) is 17.3. The molecule has 1 unspecified atom stereocenters. The summed E-state index contributed by atoms with van der Waals surface area (Å²) in [5.74, 6) is -0.320. The Morgan fingerprint density at radius 2 is 2.05 bits per heavy atom. The molecule has 0 bridgehead atoms. The van der Waals surface area contributed by atoms with E-state index in [9.17, 15) is 0 Å². The summed E-state index contributed by atoms with van der Waals surface area (Å²) in [6.07, 6.45) is 0. The Morgan fingerprint density at radius 3 is 2.84 bits per heavy atom. The van der Waals surface area contributed by atoms with Crippen molar-refractivity contribution in [3.8, 4) is 22.4 Å². The van der Waals surface area contributed by atoms with Crippen LogP contribution in [0.15, 0.2) is 42.5 Å². The summed E-state index contributed by atoms with van der Waals surface area (Å²) in [5, 5.41) is 15.3. The Labute approximate surface area is 216 Å². The summed E-state index contributed by atoms with van der Waals surface area (Å²) >= 11 is 0. The number of nitrogens with one attached hydrogen (secondary N) is 3. The molecule has 37 heavy (non-hydrogen) atoms. The minimum Gasteiger partial charge on any atom is -0.381 e. The lowest BCUT2D eigenvalue weighted by Crippen LogP contribution is -2.56. The number of aryl methyl sites for hydroxylation is 1. The van der Waals surface area contributed by atoms with Crippen molar-refractivity contribution >= 4 is 28.0 Å². The summed E-state index contributed by atoms with van der Waals surface area (Å²) in [6.45, 7) is 14.3. The van der Waals surface area contributed by atoms with Gasteiger partial charge in [0.1, 0.15) is 5.82 Å². The molecule has 3 heterocycles. The number of H-pyrrole nitrogens is 1. The third kappa shape index (κ3) is 4.01. The van der Waals surface area contributed by atoms with Crippen molar-refractivity contribution in [2.45, 2.75) is 19.5 Å². The molecule has 0 aliphatic carbocycles.